The highest BCUT2D eigenvalue weighted by Gasteiger charge is 2.14. The van der Waals surface area contributed by atoms with Crippen molar-refractivity contribution in [3.8, 4) is 0 Å². The lowest BCUT2D eigenvalue weighted by Crippen LogP contribution is -2.29. The van der Waals surface area contributed by atoms with Gasteiger partial charge in [-0.3, -0.25) is 4.68 Å². The molecule has 19 heavy (non-hydrogen) atoms. The predicted octanol–water partition coefficient (Wildman–Crippen LogP) is 3.81. The third-order valence-corrected chi connectivity index (χ3v) is 4.23. The minimum atomic E-state index is 0.542. The minimum absolute atomic E-state index is 0.542. The zero-order valence-electron chi connectivity index (χ0n) is 13.3. The van der Waals surface area contributed by atoms with Crippen LogP contribution in [0.2, 0.25) is 0 Å². The van der Waals surface area contributed by atoms with E-state index in [0.717, 1.165) is 25.2 Å². The molecule has 0 amide bonds. The van der Waals surface area contributed by atoms with Gasteiger partial charge in [0.05, 0.1) is 11.7 Å². The summed E-state index contributed by atoms with van der Waals surface area (Å²) in [6, 6.07) is 3.27. The van der Waals surface area contributed by atoms with Crippen LogP contribution in [0.3, 0.4) is 0 Å². The van der Waals surface area contributed by atoms with Crippen LogP contribution >= 0.6 is 0 Å². The second kappa shape index (κ2) is 8.36. The Labute approximate surface area is 118 Å². The van der Waals surface area contributed by atoms with Crippen molar-refractivity contribution in [1.82, 2.24) is 15.1 Å². The van der Waals surface area contributed by atoms with Gasteiger partial charge < -0.3 is 5.32 Å². The Balaban J connectivity index is 2.60. The fraction of sp³-hybridized carbons (Fsp3) is 0.812. The van der Waals surface area contributed by atoms with E-state index < -0.39 is 0 Å². The van der Waals surface area contributed by atoms with Gasteiger partial charge in [0, 0.05) is 18.7 Å². The Bertz CT molecular complexity index is 342. The molecule has 0 saturated carbocycles. The highest BCUT2D eigenvalue weighted by molar-refractivity contribution is 5.02. The number of aromatic nitrogens is 2. The molecule has 3 heteroatoms. The Kier molecular flexibility index (Phi) is 7.14. The van der Waals surface area contributed by atoms with Crippen LogP contribution in [-0.4, -0.2) is 22.9 Å². The first-order chi connectivity index (χ1) is 9.14. The summed E-state index contributed by atoms with van der Waals surface area (Å²) in [5.41, 5.74) is 1.22. The number of nitrogens with zero attached hydrogens (tertiary/aromatic N) is 2. The summed E-state index contributed by atoms with van der Waals surface area (Å²) >= 11 is 0. The minimum Gasteiger partial charge on any atom is -0.317 e. The molecular formula is C16H31N3. The molecule has 0 saturated heterocycles. The fourth-order valence-electron chi connectivity index (χ4n) is 2.56. The van der Waals surface area contributed by atoms with E-state index in [4.69, 9.17) is 5.10 Å². The van der Waals surface area contributed by atoms with Crippen molar-refractivity contribution in [2.75, 3.05) is 7.05 Å². The van der Waals surface area contributed by atoms with Gasteiger partial charge in [0.25, 0.3) is 0 Å². The van der Waals surface area contributed by atoms with Crippen LogP contribution in [-0.2, 0) is 6.42 Å². The summed E-state index contributed by atoms with van der Waals surface area (Å²) < 4.78 is 2.14. The summed E-state index contributed by atoms with van der Waals surface area (Å²) in [7, 11) is 2.06. The highest BCUT2D eigenvalue weighted by atomic mass is 15.3. The molecule has 1 N–H and O–H groups in total. The normalized spacial score (nSPS) is 14.8. The van der Waals surface area contributed by atoms with Crippen LogP contribution < -0.4 is 5.32 Å². The van der Waals surface area contributed by atoms with Crippen molar-refractivity contribution >= 4 is 0 Å². The Morgan fingerprint density at radius 1 is 1.21 bits per heavy atom. The van der Waals surface area contributed by atoms with E-state index in [1.807, 2.05) is 0 Å². The second-order valence-electron chi connectivity index (χ2n) is 5.70. The molecule has 0 fully saturated rings. The van der Waals surface area contributed by atoms with Crippen LogP contribution in [0.5, 0.6) is 0 Å². The summed E-state index contributed by atoms with van der Waals surface area (Å²) in [5.74, 6) is 0.776. The average molecular weight is 265 g/mol. The van der Waals surface area contributed by atoms with Crippen LogP contribution in [0.4, 0.5) is 0 Å². The second-order valence-corrected chi connectivity index (χ2v) is 5.70. The lowest BCUT2D eigenvalue weighted by molar-refractivity contribution is 0.399. The largest absolute Gasteiger partial charge is 0.317 e. The molecule has 0 aliphatic heterocycles. The fourth-order valence-corrected chi connectivity index (χ4v) is 2.56. The van der Waals surface area contributed by atoms with Crippen molar-refractivity contribution < 1.29 is 0 Å². The van der Waals surface area contributed by atoms with E-state index >= 15 is 0 Å². The van der Waals surface area contributed by atoms with E-state index in [1.54, 1.807) is 0 Å². The summed E-state index contributed by atoms with van der Waals surface area (Å²) in [6.07, 6.45) is 7.96. The van der Waals surface area contributed by atoms with Crippen molar-refractivity contribution in [2.24, 2.45) is 5.92 Å². The summed E-state index contributed by atoms with van der Waals surface area (Å²) in [6.45, 7) is 9.05. The quantitative estimate of drug-likeness (QED) is 0.736. The third-order valence-electron chi connectivity index (χ3n) is 4.23. The Morgan fingerprint density at radius 2 is 1.89 bits per heavy atom. The zero-order chi connectivity index (χ0) is 14.3. The van der Waals surface area contributed by atoms with Crippen LogP contribution in [0, 0.1) is 5.92 Å². The van der Waals surface area contributed by atoms with Gasteiger partial charge in [0.1, 0.15) is 0 Å². The molecule has 0 aliphatic carbocycles. The topological polar surface area (TPSA) is 29.9 Å². The van der Waals surface area contributed by atoms with Gasteiger partial charge in [-0.15, -0.1) is 0 Å². The molecule has 0 spiro atoms. The molecule has 2 atom stereocenters. The van der Waals surface area contributed by atoms with Crippen LogP contribution in [0.15, 0.2) is 12.3 Å². The molecule has 1 aromatic rings. The molecule has 1 heterocycles. The first-order valence-corrected chi connectivity index (χ1v) is 7.85. The molecule has 3 nitrogen and oxygen atoms in total. The van der Waals surface area contributed by atoms with Gasteiger partial charge in [-0.2, -0.15) is 5.10 Å². The molecule has 2 unspecified atom stereocenters. The van der Waals surface area contributed by atoms with Gasteiger partial charge in [0.2, 0.25) is 0 Å². The Hall–Kier alpha value is -0.830. The van der Waals surface area contributed by atoms with Crippen molar-refractivity contribution in [2.45, 2.75) is 71.9 Å². The van der Waals surface area contributed by atoms with Crippen molar-refractivity contribution in [3.63, 3.8) is 0 Å². The van der Waals surface area contributed by atoms with Gasteiger partial charge in [-0.25, -0.2) is 0 Å². The predicted molar refractivity (Wildman–Crippen MR) is 82.5 cm³/mol. The molecule has 1 rings (SSSR count). The van der Waals surface area contributed by atoms with Gasteiger partial charge in [-0.05, 0) is 38.3 Å². The highest BCUT2D eigenvalue weighted by Crippen LogP contribution is 2.17. The Morgan fingerprint density at radius 3 is 2.42 bits per heavy atom. The lowest BCUT2D eigenvalue weighted by atomic mass is 9.96. The average Bonchev–Trinajstić information content (AvgIpc) is 2.87. The molecule has 110 valence electrons. The lowest BCUT2D eigenvalue weighted by Gasteiger charge is -2.19. The monoisotopic (exact) mass is 265 g/mol. The standard InChI is InChI=1S/C16H31N3/c1-6-13(4)11-15(17-5)12-14-9-10-19(18-14)16(7-2)8-3/h9-10,13,15-17H,6-8,11-12H2,1-5H3. The van der Waals surface area contributed by atoms with E-state index in [2.05, 4.69) is 57.0 Å². The molecule has 1 aromatic heterocycles. The SMILES string of the molecule is CCC(C)CC(Cc1ccn(C(CC)CC)n1)NC. The van der Waals surface area contributed by atoms with Crippen molar-refractivity contribution in [3.05, 3.63) is 18.0 Å². The van der Waals surface area contributed by atoms with Gasteiger partial charge in [-0.1, -0.05) is 34.1 Å². The van der Waals surface area contributed by atoms with Gasteiger partial charge >= 0.3 is 0 Å². The smallest absolute Gasteiger partial charge is 0.0640 e. The van der Waals surface area contributed by atoms with E-state index in [1.165, 1.54) is 18.5 Å². The molecular weight excluding hydrogens is 234 g/mol. The first-order valence-electron chi connectivity index (χ1n) is 7.85. The molecule has 0 bridgehead atoms. The first kappa shape index (κ1) is 16.2. The van der Waals surface area contributed by atoms with E-state index in [9.17, 15) is 0 Å². The molecule has 0 radical (unpaired) electrons. The third kappa shape index (κ3) is 4.98. The number of hydrogen-bond donors (Lipinski definition) is 1. The van der Waals surface area contributed by atoms with Gasteiger partial charge in [0.15, 0.2) is 0 Å². The maximum absolute atomic E-state index is 4.75. The summed E-state index contributed by atoms with van der Waals surface area (Å²) in [5, 5.41) is 8.18. The number of hydrogen-bond acceptors (Lipinski definition) is 2. The summed E-state index contributed by atoms with van der Waals surface area (Å²) in [4.78, 5) is 0. The van der Waals surface area contributed by atoms with Crippen LogP contribution in [0.25, 0.3) is 0 Å². The zero-order valence-corrected chi connectivity index (χ0v) is 13.3. The number of rotatable bonds is 9. The van der Waals surface area contributed by atoms with Crippen LogP contribution in [0.1, 0.15) is 65.1 Å². The number of likely N-dealkylation sites (N-methyl/N-ethyl adjacent to an activating group) is 1. The van der Waals surface area contributed by atoms with E-state index in [0.29, 0.717) is 12.1 Å². The maximum Gasteiger partial charge on any atom is 0.0640 e. The molecule has 0 aromatic carbocycles. The molecule has 0 aliphatic rings. The number of nitrogens with one attached hydrogen (secondary N) is 1. The van der Waals surface area contributed by atoms with Crippen molar-refractivity contribution in [1.29, 1.82) is 0 Å². The maximum atomic E-state index is 4.75. The van der Waals surface area contributed by atoms with E-state index in [-0.39, 0.29) is 0 Å².